The van der Waals surface area contributed by atoms with E-state index >= 15 is 4.39 Å². The molecule has 45 heavy (non-hydrogen) atoms. The van der Waals surface area contributed by atoms with E-state index in [1.165, 1.54) is 0 Å². The Morgan fingerprint density at radius 3 is 2.18 bits per heavy atom. The number of anilines is 1. The summed E-state index contributed by atoms with van der Waals surface area (Å²) in [4.78, 5) is 69.7. The molecule has 13 heteroatoms. The van der Waals surface area contributed by atoms with E-state index in [9.17, 15) is 24.0 Å². The van der Waals surface area contributed by atoms with Crippen molar-refractivity contribution in [1.29, 1.82) is 0 Å². The normalized spacial score (nSPS) is 26.6. The Morgan fingerprint density at radius 2 is 1.56 bits per heavy atom. The van der Waals surface area contributed by atoms with E-state index in [1.807, 2.05) is 25.7 Å². The average molecular weight is 628 g/mol. The third kappa shape index (κ3) is 6.16. The highest BCUT2D eigenvalue weighted by molar-refractivity contribution is 6.24. The fourth-order valence-corrected chi connectivity index (χ4v) is 7.08. The Balaban J connectivity index is 1.00. The van der Waals surface area contributed by atoms with Crippen molar-refractivity contribution in [2.24, 2.45) is 0 Å². The van der Waals surface area contributed by atoms with Crippen molar-refractivity contribution >= 4 is 35.4 Å². The van der Waals surface area contributed by atoms with Crippen LogP contribution in [0.3, 0.4) is 0 Å². The number of halogens is 1. The van der Waals surface area contributed by atoms with E-state index < -0.39 is 41.1 Å². The van der Waals surface area contributed by atoms with Crippen molar-refractivity contribution in [2.45, 2.75) is 96.1 Å². The highest BCUT2D eigenvalue weighted by Crippen LogP contribution is 2.37. The molecule has 1 atom stereocenters. The zero-order valence-electron chi connectivity index (χ0n) is 26.4. The Morgan fingerprint density at radius 1 is 0.911 bits per heavy atom. The van der Waals surface area contributed by atoms with Gasteiger partial charge >= 0.3 is 6.09 Å². The Kier molecular flexibility index (Phi) is 8.36. The Labute approximate surface area is 262 Å². The second kappa shape index (κ2) is 12.0. The van der Waals surface area contributed by atoms with E-state index in [0.29, 0.717) is 37.8 Å². The van der Waals surface area contributed by atoms with Crippen LogP contribution in [0, 0.1) is 12.7 Å². The second-order valence-corrected chi connectivity index (χ2v) is 13.8. The molecule has 4 aliphatic heterocycles. The molecule has 0 aromatic heterocycles. The molecule has 5 aliphatic rings. The van der Waals surface area contributed by atoms with Crippen LogP contribution in [0.4, 0.5) is 14.9 Å². The van der Waals surface area contributed by atoms with Crippen LogP contribution < -0.4 is 10.2 Å². The minimum absolute atomic E-state index is 0.00381. The van der Waals surface area contributed by atoms with Crippen molar-refractivity contribution in [1.82, 2.24) is 20.0 Å². The standard InChI is InChI=1S/C32H42FN5O7/c1-18-15-23(27(33)26-25(18)29(41)38(30(26)42)22-5-6-24(39)34-28(22)40)36-13-11-35(12-14-36)19-16-21(17-19)44-20-7-9-37(10-8-20)31(43)45-32(2,3)4/h15,19-22H,5-14,16-17H2,1-4H3,(H,34,39,40)/t19-,21-,22?. The van der Waals surface area contributed by atoms with Crippen LogP contribution in [-0.2, 0) is 19.1 Å². The topological polar surface area (TPSA) is 129 Å². The number of fused-ring (bicyclic) bond motifs is 1. The number of piperazine rings is 1. The van der Waals surface area contributed by atoms with Gasteiger partial charge in [0.25, 0.3) is 11.8 Å². The summed E-state index contributed by atoms with van der Waals surface area (Å²) in [6.45, 7) is 11.1. The first-order valence-corrected chi connectivity index (χ1v) is 16.0. The number of carbonyl (C=O) groups excluding carboxylic acids is 5. The number of ether oxygens (including phenoxy) is 2. The molecule has 12 nitrogen and oxygen atoms in total. The number of nitrogens with one attached hydrogen (secondary N) is 1. The third-order valence-corrected chi connectivity index (χ3v) is 9.55. The van der Waals surface area contributed by atoms with E-state index in [2.05, 4.69) is 10.2 Å². The molecular weight excluding hydrogens is 585 g/mol. The zero-order valence-corrected chi connectivity index (χ0v) is 26.4. The van der Waals surface area contributed by atoms with Gasteiger partial charge in [0, 0.05) is 51.7 Å². The molecule has 4 fully saturated rings. The summed E-state index contributed by atoms with van der Waals surface area (Å²) in [6, 6.07) is 0.873. The number of imide groups is 2. The molecule has 0 bridgehead atoms. The predicted molar refractivity (Wildman–Crippen MR) is 160 cm³/mol. The van der Waals surface area contributed by atoms with Gasteiger partial charge in [-0.15, -0.1) is 0 Å². The molecule has 0 radical (unpaired) electrons. The summed E-state index contributed by atoms with van der Waals surface area (Å²) in [5, 5.41) is 2.17. The number of nitrogens with zero attached hydrogens (tertiary/aromatic N) is 4. The van der Waals surface area contributed by atoms with E-state index in [1.54, 1.807) is 17.9 Å². The van der Waals surface area contributed by atoms with Gasteiger partial charge in [0.15, 0.2) is 5.82 Å². The van der Waals surface area contributed by atoms with E-state index in [0.717, 1.165) is 43.7 Å². The molecular formula is C32H42FN5O7. The fraction of sp³-hybridized carbons (Fsp3) is 0.656. The van der Waals surface area contributed by atoms with Gasteiger partial charge in [0.2, 0.25) is 11.8 Å². The maximum Gasteiger partial charge on any atom is 0.410 e. The number of hydrogen-bond donors (Lipinski definition) is 1. The molecule has 0 spiro atoms. The summed E-state index contributed by atoms with van der Waals surface area (Å²) < 4.78 is 27.8. The van der Waals surface area contributed by atoms with Gasteiger partial charge in [-0.25, -0.2) is 9.18 Å². The van der Waals surface area contributed by atoms with Crippen molar-refractivity contribution in [2.75, 3.05) is 44.2 Å². The molecule has 1 aromatic carbocycles. The number of amides is 5. The molecule has 3 saturated heterocycles. The lowest BCUT2D eigenvalue weighted by Crippen LogP contribution is -2.56. The van der Waals surface area contributed by atoms with Gasteiger partial charge in [-0.1, -0.05) is 0 Å². The molecule has 6 rings (SSSR count). The number of aryl methyl sites for hydroxylation is 1. The molecule has 1 N–H and O–H groups in total. The largest absolute Gasteiger partial charge is 0.444 e. The summed E-state index contributed by atoms with van der Waals surface area (Å²) >= 11 is 0. The minimum atomic E-state index is -1.14. The van der Waals surface area contributed by atoms with Crippen LogP contribution in [0.15, 0.2) is 6.07 Å². The van der Waals surface area contributed by atoms with Crippen molar-refractivity contribution in [3.63, 3.8) is 0 Å². The van der Waals surface area contributed by atoms with Gasteiger partial charge < -0.3 is 19.3 Å². The summed E-state index contributed by atoms with van der Waals surface area (Å²) in [5.74, 6) is -3.46. The monoisotopic (exact) mass is 627 g/mol. The smallest absolute Gasteiger partial charge is 0.410 e. The summed E-state index contributed by atoms with van der Waals surface area (Å²) in [5.41, 5.74) is -0.0532. The maximum absolute atomic E-state index is 16.0. The first kappa shape index (κ1) is 31.4. The highest BCUT2D eigenvalue weighted by atomic mass is 19.1. The minimum Gasteiger partial charge on any atom is -0.444 e. The number of carbonyl (C=O) groups is 5. The summed E-state index contributed by atoms with van der Waals surface area (Å²) in [7, 11) is 0. The van der Waals surface area contributed by atoms with Crippen LogP contribution in [0.25, 0.3) is 0 Å². The highest BCUT2D eigenvalue weighted by Gasteiger charge is 2.48. The fourth-order valence-electron chi connectivity index (χ4n) is 7.08. The van der Waals surface area contributed by atoms with Gasteiger partial charge in [0.1, 0.15) is 11.6 Å². The lowest BCUT2D eigenvalue weighted by Gasteiger charge is -2.47. The van der Waals surface area contributed by atoms with Crippen molar-refractivity contribution < 1.29 is 37.8 Å². The number of hydrogen-bond acceptors (Lipinski definition) is 9. The van der Waals surface area contributed by atoms with Gasteiger partial charge in [0.05, 0.1) is 29.0 Å². The lowest BCUT2D eigenvalue weighted by molar-refractivity contribution is -0.136. The number of rotatable bonds is 5. The quantitative estimate of drug-likeness (QED) is 0.490. The van der Waals surface area contributed by atoms with Gasteiger partial charge in [-0.05, 0) is 71.4 Å². The lowest BCUT2D eigenvalue weighted by atomic mass is 9.87. The zero-order chi connectivity index (χ0) is 32.2. The molecule has 4 heterocycles. The molecule has 1 unspecified atom stereocenters. The van der Waals surface area contributed by atoms with Crippen LogP contribution in [0.1, 0.15) is 85.6 Å². The number of likely N-dealkylation sites (tertiary alicyclic amines) is 1. The van der Waals surface area contributed by atoms with Gasteiger partial charge in [-0.3, -0.25) is 34.3 Å². The molecule has 1 aliphatic carbocycles. The predicted octanol–water partition coefficient (Wildman–Crippen LogP) is 2.60. The third-order valence-electron chi connectivity index (χ3n) is 9.55. The SMILES string of the molecule is Cc1cc(N2CCN([C@H]3C[C@H](OC4CCN(C(=O)OC(C)(C)C)CC4)C3)CC2)c(F)c2c1C(=O)N(C1CCC(=O)NC1=O)C2=O. The Hall–Kier alpha value is -3.58. The Bertz CT molecular complexity index is 1410. The molecule has 5 amide bonds. The first-order valence-electron chi connectivity index (χ1n) is 16.0. The van der Waals surface area contributed by atoms with Gasteiger partial charge in [-0.2, -0.15) is 0 Å². The number of piperidine rings is 2. The van der Waals surface area contributed by atoms with Crippen LogP contribution in [-0.4, -0.2) is 114 Å². The molecule has 1 saturated carbocycles. The first-order chi connectivity index (χ1) is 21.3. The van der Waals surface area contributed by atoms with Crippen LogP contribution in [0.2, 0.25) is 0 Å². The van der Waals surface area contributed by atoms with Crippen molar-refractivity contribution in [3.8, 4) is 0 Å². The molecule has 244 valence electrons. The van der Waals surface area contributed by atoms with Crippen LogP contribution in [0.5, 0.6) is 0 Å². The van der Waals surface area contributed by atoms with E-state index in [-0.39, 0.29) is 48.0 Å². The van der Waals surface area contributed by atoms with Crippen molar-refractivity contribution in [3.05, 3.63) is 28.6 Å². The molecule has 1 aromatic rings. The van der Waals surface area contributed by atoms with Crippen LogP contribution >= 0.6 is 0 Å². The average Bonchev–Trinajstić information content (AvgIpc) is 3.22. The summed E-state index contributed by atoms with van der Waals surface area (Å²) in [6.07, 6.45) is 3.55. The second-order valence-electron chi connectivity index (χ2n) is 13.8. The maximum atomic E-state index is 16.0. The van der Waals surface area contributed by atoms with E-state index in [4.69, 9.17) is 9.47 Å². The number of benzene rings is 1.